The van der Waals surface area contributed by atoms with Gasteiger partial charge in [-0.15, -0.1) is 0 Å². The molecule has 116 valence electrons. The van der Waals surface area contributed by atoms with Gasteiger partial charge in [0.1, 0.15) is 5.82 Å². The van der Waals surface area contributed by atoms with E-state index >= 15 is 0 Å². The Balaban J connectivity index is 1.65. The molecule has 1 N–H and O–H groups in total. The van der Waals surface area contributed by atoms with E-state index in [9.17, 15) is 9.18 Å². The average molecular weight is 309 g/mol. The maximum atomic E-state index is 13.6. The fraction of sp³-hybridized carbons (Fsp3) is 0.111. The molecule has 4 nitrogen and oxygen atoms in total. The molecule has 3 aromatic rings. The molecule has 0 saturated heterocycles. The molecular weight excluding hydrogens is 293 g/mol. The molecule has 1 aromatic heterocycles. The van der Waals surface area contributed by atoms with Gasteiger partial charge in [0.2, 0.25) is 5.91 Å². The molecule has 0 spiro atoms. The molecule has 0 unspecified atom stereocenters. The van der Waals surface area contributed by atoms with Gasteiger partial charge in [-0.1, -0.05) is 30.3 Å². The second-order valence-corrected chi connectivity index (χ2v) is 5.25. The van der Waals surface area contributed by atoms with E-state index in [4.69, 9.17) is 0 Å². The Bertz CT molecular complexity index is 800. The normalized spacial score (nSPS) is 10.5. The molecule has 1 amide bonds. The van der Waals surface area contributed by atoms with E-state index in [0.717, 1.165) is 5.56 Å². The highest BCUT2D eigenvalue weighted by Crippen LogP contribution is 2.13. The van der Waals surface area contributed by atoms with Gasteiger partial charge in [0, 0.05) is 24.6 Å². The summed E-state index contributed by atoms with van der Waals surface area (Å²) >= 11 is 0. The lowest BCUT2D eigenvalue weighted by atomic mass is 10.1. The molecule has 1 heterocycles. The fourth-order valence-electron chi connectivity index (χ4n) is 2.36. The second-order valence-electron chi connectivity index (χ2n) is 5.25. The highest BCUT2D eigenvalue weighted by molar-refractivity contribution is 5.92. The highest BCUT2D eigenvalue weighted by atomic mass is 19.1. The monoisotopic (exact) mass is 309 g/mol. The van der Waals surface area contributed by atoms with Gasteiger partial charge in [-0.25, -0.2) is 9.37 Å². The van der Waals surface area contributed by atoms with E-state index in [-0.39, 0.29) is 18.1 Å². The predicted octanol–water partition coefficient (Wildman–Crippen LogP) is 3.25. The first-order chi connectivity index (χ1) is 11.2. The number of imidazole rings is 1. The number of hydrogen-bond donors (Lipinski definition) is 1. The first-order valence-corrected chi connectivity index (χ1v) is 7.28. The summed E-state index contributed by atoms with van der Waals surface area (Å²) in [7, 11) is 0. The standard InChI is InChI=1S/C18H16FN3O/c19-17-7-2-1-5-15(17)11-18(23)21-16-6-3-4-14(10-16)12-22-9-8-20-13-22/h1-10,13H,11-12H2,(H,21,23). The van der Waals surface area contributed by atoms with E-state index in [1.807, 2.05) is 35.0 Å². The number of halogens is 1. The van der Waals surface area contributed by atoms with Crippen LogP contribution >= 0.6 is 0 Å². The van der Waals surface area contributed by atoms with Gasteiger partial charge in [0.05, 0.1) is 12.7 Å². The van der Waals surface area contributed by atoms with Gasteiger partial charge in [-0.2, -0.15) is 0 Å². The smallest absolute Gasteiger partial charge is 0.228 e. The van der Waals surface area contributed by atoms with Crippen molar-refractivity contribution in [3.8, 4) is 0 Å². The van der Waals surface area contributed by atoms with E-state index < -0.39 is 0 Å². The minimum Gasteiger partial charge on any atom is -0.333 e. The predicted molar refractivity (Wildman–Crippen MR) is 86.5 cm³/mol. The van der Waals surface area contributed by atoms with Crippen molar-refractivity contribution in [2.45, 2.75) is 13.0 Å². The minimum atomic E-state index is -0.364. The van der Waals surface area contributed by atoms with Crippen LogP contribution in [0.1, 0.15) is 11.1 Å². The molecule has 23 heavy (non-hydrogen) atoms. The van der Waals surface area contributed by atoms with Crippen molar-refractivity contribution in [1.29, 1.82) is 0 Å². The minimum absolute atomic E-state index is 0.0123. The SMILES string of the molecule is O=C(Cc1ccccc1F)Nc1cccc(Cn2ccnc2)c1. The summed E-state index contributed by atoms with van der Waals surface area (Å²) in [5, 5.41) is 2.81. The molecule has 2 aromatic carbocycles. The van der Waals surface area contributed by atoms with Crippen LogP contribution in [-0.2, 0) is 17.8 Å². The number of rotatable bonds is 5. The molecule has 0 radical (unpaired) electrons. The number of hydrogen-bond acceptors (Lipinski definition) is 2. The van der Waals surface area contributed by atoms with Crippen molar-refractivity contribution >= 4 is 11.6 Å². The van der Waals surface area contributed by atoms with E-state index in [1.165, 1.54) is 6.07 Å². The lowest BCUT2D eigenvalue weighted by molar-refractivity contribution is -0.115. The van der Waals surface area contributed by atoms with Gasteiger partial charge in [0.25, 0.3) is 0 Å². The van der Waals surface area contributed by atoms with Crippen LogP contribution in [0.4, 0.5) is 10.1 Å². The summed E-state index contributed by atoms with van der Waals surface area (Å²) in [6, 6.07) is 13.9. The van der Waals surface area contributed by atoms with E-state index in [0.29, 0.717) is 17.8 Å². The van der Waals surface area contributed by atoms with Gasteiger partial charge < -0.3 is 9.88 Å². The summed E-state index contributed by atoms with van der Waals surface area (Å²) in [5.74, 6) is -0.605. The van der Waals surface area contributed by atoms with Crippen LogP contribution in [0.25, 0.3) is 0 Å². The third-order valence-corrected chi connectivity index (χ3v) is 3.44. The molecule has 0 aliphatic heterocycles. The largest absolute Gasteiger partial charge is 0.333 e. The van der Waals surface area contributed by atoms with Crippen molar-refractivity contribution in [3.63, 3.8) is 0 Å². The number of aromatic nitrogens is 2. The topological polar surface area (TPSA) is 46.9 Å². The van der Waals surface area contributed by atoms with Crippen LogP contribution in [0.3, 0.4) is 0 Å². The molecule has 0 fully saturated rings. The summed E-state index contributed by atoms with van der Waals surface area (Å²) in [5.41, 5.74) is 2.13. The zero-order chi connectivity index (χ0) is 16.1. The van der Waals surface area contributed by atoms with Gasteiger partial charge in [-0.05, 0) is 29.3 Å². The molecule has 5 heteroatoms. The van der Waals surface area contributed by atoms with Crippen LogP contribution < -0.4 is 5.32 Å². The molecule has 0 atom stereocenters. The molecule has 0 saturated carbocycles. The van der Waals surface area contributed by atoms with Gasteiger partial charge >= 0.3 is 0 Å². The second kappa shape index (κ2) is 6.87. The molecule has 0 bridgehead atoms. The maximum Gasteiger partial charge on any atom is 0.228 e. The number of amides is 1. The summed E-state index contributed by atoms with van der Waals surface area (Å²) in [4.78, 5) is 16.1. The Kier molecular flexibility index (Phi) is 4.47. The fourth-order valence-corrected chi connectivity index (χ4v) is 2.36. The molecular formula is C18H16FN3O. The van der Waals surface area contributed by atoms with Gasteiger partial charge in [-0.3, -0.25) is 4.79 Å². The van der Waals surface area contributed by atoms with Crippen LogP contribution in [0.5, 0.6) is 0 Å². The third kappa shape index (κ3) is 4.03. The highest BCUT2D eigenvalue weighted by Gasteiger charge is 2.08. The van der Waals surface area contributed by atoms with E-state index in [2.05, 4.69) is 10.3 Å². The number of nitrogens with zero attached hydrogens (tertiary/aromatic N) is 2. The number of benzene rings is 2. The van der Waals surface area contributed by atoms with Crippen LogP contribution in [-0.4, -0.2) is 15.5 Å². The van der Waals surface area contributed by atoms with Crippen LogP contribution in [0.15, 0.2) is 67.3 Å². The average Bonchev–Trinajstić information content (AvgIpc) is 3.03. The van der Waals surface area contributed by atoms with Crippen molar-refractivity contribution in [2.24, 2.45) is 0 Å². The molecule has 3 rings (SSSR count). The van der Waals surface area contributed by atoms with Crippen molar-refractivity contribution in [3.05, 3.63) is 84.2 Å². The quantitative estimate of drug-likeness (QED) is 0.786. The lowest BCUT2D eigenvalue weighted by Gasteiger charge is -2.08. The number of carbonyl (C=O) groups excluding carboxylic acids is 1. The molecule has 0 aliphatic carbocycles. The number of nitrogens with one attached hydrogen (secondary N) is 1. The Morgan fingerprint density at radius 2 is 2.04 bits per heavy atom. The van der Waals surface area contributed by atoms with Crippen molar-refractivity contribution < 1.29 is 9.18 Å². The van der Waals surface area contributed by atoms with Crippen LogP contribution in [0, 0.1) is 5.82 Å². The zero-order valence-electron chi connectivity index (χ0n) is 12.4. The van der Waals surface area contributed by atoms with Gasteiger partial charge in [0.15, 0.2) is 0 Å². The Morgan fingerprint density at radius 1 is 1.17 bits per heavy atom. The first-order valence-electron chi connectivity index (χ1n) is 7.28. The number of carbonyl (C=O) groups is 1. The zero-order valence-corrected chi connectivity index (χ0v) is 12.4. The summed E-state index contributed by atoms with van der Waals surface area (Å²) in [6.45, 7) is 0.678. The summed E-state index contributed by atoms with van der Waals surface area (Å²) < 4.78 is 15.5. The van der Waals surface area contributed by atoms with Crippen molar-refractivity contribution in [2.75, 3.05) is 5.32 Å². The lowest BCUT2D eigenvalue weighted by Crippen LogP contribution is -2.15. The Hall–Kier alpha value is -2.95. The van der Waals surface area contributed by atoms with Crippen molar-refractivity contribution in [1.82, 2.24) is 9.55 Å². The molecule has 0 aliphatic rings. The Labute approximate surface area is 133 Å². The maximum absolute atomic E-state index is 13.6. The number of anilines is 1. The van der Waals surface area contributed by atoms with E-state index in [1.54, 1.807) is 30.7 Å². The third-order valence-electron chi connectivity index (χ3n) is 3.44. The van der Waals surface area contributed by atoms with Crippen LogP contribution in [0.2, 0.25) is 0 Å². The Morgan fingerprint density at radius 3 is 2.83 bits per heavy atom. The summed E-state index contributed by atoms with van der Waals surface area (Å²) in [6.07, 6.45) is 5.35. The first kappa shape index (κ1) is 15.0.